The number of benzene rings is 1. The molecule has 0 unspecified atom stereocenters. The van der Waals surface area contributed by atoms with Gasteiger partial charge in [0.05, 0.1) is 0 Å². The smallest absolute Gasteiger partial charge is 0.243 e. The standard InChI is InChI=1S/C14H21F2N3O2S/c1-11-9-14(13(16)10-12(11)15)22(20,21)18-3-2-6-19-7-4-17-5-8-19/h9-10,17-18H,2-8H2,1H3. The first kappa shape index (κ1) is 17.3. The largest absolute Gasteiger partial charge is 0.314 e. The van der Waals surface area contributed by atoms with Gasteiger partial charge in [-0.1, -0.05) is 0 Å². The molecule has 0 amide bonds. The molecule has 1 fully saturated rings. The molecule has 0 bridgehead atoms. The zero-order valence-corrected chi connectivity index (χ0v) is 13.3. The Morgan fingerprint density at radius 3 is 2.59 bits per heavy atom. The highest BCUT2D eigenvalue weighted by Gasteiger charge is 2.20. The number of hydrogen-bond acceptors (Lipinski definition) is 4. The SMILES string of the molecule is Cc1cc(S(=O)(=O)NCCCN2CCNCC2)c(F)cc1F. The van der Waals surface area contributed by atoms with Gasteiger partial charge in [-0.2, -0.15) is 0 Å². The third-order valence-corrected chi connectivity index (χ3v) is 5.13. The van der Waals surface area contributed by atoms with E-state index in [1.165, 1.54) is 6.92 Å². The molecule has 22 heavy (non-hydrogen) atoms. The molecule has 1 saturated heterocycles. The van der Waals surface area contributed by atoms with Crippen molar-refractivity contribution in [1.82, 2.24) is 14.9 Å². The van der Waals surface area contributed by atoms with Gasteiger partial charge in [0.1, 0.15) is 16.5 Å². The lowest BCUT2D eigenvalue weighted by molar-refractivity contribution is 0.239. The third kappa shape index (κ3) is 4.45. The average Bonchev–Trinajstić information content (AvgIpc) is 2.48. The molecule has 1 aliphatic heterocycles. The predicted octanol–water partition coefficient (Wildman–Crippen LogP) is 0.847. The van der Waals surface area contributed by atoms with E-state index in [9.17, 15) is 17.2 Å². The van der Waals surface area contributed by atoms with Crippen LogP contribution in [0.5, 0.6) is 0 Å². The Bertz CT molecular complexity index is 617. The van der Waals surface area contributed by atoms with Crippen LogP contribution in [-0.4, -0.2) is 52.6 Å². The van der Waals surface area contributed by atoms with E-state index >= 15 is 0 Å². The molecule has 0 aromatic heterocycles. The van der Waals surface area contributed by atoms with Crippen LogP contribution in [0.1, 0.15) is 12.0 Å². The molecule has 8 heteroatoms. The summed E-state index contributed by atoms with van der Waals surface area (Å²) in [6.07, 6.45) is 0.640. The lowest BCUT2D eigenvalue weighted by Gasteiger charge is -2.27. The van der Waals surface area contributed by atoms with Crippen molar-refractivity contribution in [2.45, 2.75) is 18.2 Å². The highest BCUT2D eigenvalue weighted by atomic mass is 32.2. The van der Waals surface area contributed by atoms with E-state index in [1.54, 1.807) is 0 Å². The second kappa shape index (κ2) is 7.45. The maximum Gasteiger partial charge on any atom is 0.243 e. The molecule has 1 aromatic rings. The minimum atomic E-state index is -3.96. The molecule has 0 radical (unpaired) electrons. The zero-order valence-electron chi connectivity index (χ0n) is 12.5. The number of halogens is 2. The first-order valence-corrected chi connectivity index (χ1v) is 8.77. The highest BCUT2D eigenvalue weighted by molar-refractivity contribution is 7.89. The lowest BCUT2D eigenvalue weighted by Crippen LogP contribution is -2.44. The second-order valence-corrected chi connectivity index (χ2v) is 7.11. The van der Waals surface area contributed by atoms with Crippen LogP contribution in [-0.2, 0) is 10.0 Å². The fourth-order valence-electron chi connectivity index (χ4n) is 2.36. The predicted molar refractivity (Wildman–Crippen MR) is 80.2 cm³/mol. The monoisotopic (exact) mass is 333 g/mol. The van der Waals surface area contributed by atoms with Crippen molar-refractivity contribution < 1.29 is 17.2 Å². The van der Waals surface area contributed by atoms with E-state index in [0.29, 0.717) is 12.5 Å². The lowest BCUT2D eigenvalue weighted by atomic mass is 10.2. The number of hydrogen-bond donors (Lipinski definition) is 2. The van der Waals surface area contributed by atoms with Gasteiger partial charge < -0.3 is 10.2 Å². The topological polar surface area (TPSA) is 61.4 Å². The van der Waals surface area contributed by atoms with E-state index in [1.807, 2.05) is 0 Å². The van der Waals surface area contributed by atoms with Crippen LogP contribution in [0, 0.1) is 18.6 Å². The Labute approximate surface area is 129 Å². The maximum absolute atomic E-state index is 13.7. The van der Waals surface area contributed by atoms with Gasteiger partial charge in [-0.3, -0.25) is 0 Å². The van der Waals surface area contributed by atoms with Crippen molar-refractivity contribution in [2.75, 3.05) is 39.3 Å². The van der Waals surface area contributed by atoms with E-state index < -0.39 is 26.6 Å². The fraction of sp³-hybridized carbons (Fsp3) is 0.571. The normalized spacial score (nSPS) is 16.9. The quantitative estimate of drug-likeness (QED) is 0.758. The van der Waals surface area contributed by atoms with Crippen molar-refractivity contribution in [2.24, 2.45) is 0 Å². The summed E-state index contributed by atoms with van der Waals surface area (Å²) in [5.74, 6) is -1.83. The average molecular weight is 333 g/mol. The van der Waals surface area contributed by atoms with Gasteiger partial charge in [-0.25, -0.2) is 21.9 Å². The molecule has 2 N–H and O–H groups in total. The van der Waals surface area contributed by atoms with Crippen LogP contribution in [0.15, 0.2) is 17.0 Å². The molecule has 1 aromatic carbocycles. The Morgan fingerprint density at radius 2 is 1.91 bits per heavy atom. The summed E-state index contributed by atoms with van der Waals surface area (Å²) in [6.45, 7) is 6.17. The third-order valence-electron chi connectivity index (χ3n) is 3.66. The molecular weight excluding hydrogens is 312 g/mol. The number of piperazine rings is 1. The van der Waals surface area contributed by atoms with Gasteiger partial charge in [0.2, 0.25) is 10.0 Å². The van der Waals surface area contributed by atoms with Gasteiger partial charge in [0.15, 0.2) is 0 Å². The van der Waals surface area contributed by atoms with Crippen LogP contribution < -0.4 is 10.0 Å². The molecule has 0 aliphatic carbocycles. The van der Waals surface area contributed by atoms with Gasteiger partial charge >= 0.3 is 0 Å². The fourth-order valence-corrected chi connectivity index (χ4v) is 3.57. The van der Waals surface area contributed by atoms with Crippen LogP contribution >= 0.6 is 0 Å². The van der Waals surface area contributed by atoms with E-state index in [4.69, 9.17) is 0 Å². The Kier molecular flexibility index (Phi) is 5.85. The Morgan fingerprint density at radius 1 is 1.23 bits per heavy atom. The summed E-state index contributed by atoms with van der Waals surface area (Å²) in [5.41, 5.74) is 0.0996. The van der Waals surface area contributed by atoms with E-state index in [-0.39, 0.29) is 12.1 Å². The van der Waals surface area contributed by atoms with Gasteiger partial charge in [-0.15, -0.1) is 0 Å². The second-order valence-electron chi connectivity index (χ2n) is 5.37. The molecule has 0 atom stereocenters. The molecule has 1 aliphatic rings. The van der Waals surface area contributed by atoms with Crippen LogP contribution in [0.2, 0.25) is 0 Å². The van der Waals surface area contributed by atoms with E-state index in [0.717, 1.165) is 38.8 Å². The number of aryl methyl sites for hydroxylation is 1. The molecule has 1 heterocycles. The molecule has 0 saturated carbocycles. The maximum atomic E-state index is 13.7. The molecule has 2 rings (SSSR count). The number of sulfonamides is 1. The van der Waals surface area contributed by atoms with Crippen LogP contribution in [0.4, 0.5) is 8.78 Å². The van der Waals surface area contributed by atoms with E-state index in [2.05, 4.69) is 14.9 Å². The van der Waals surface area contributed by atoms with Crippen molar-refractivity contribution in [3.8, 4) is 0 Å². The number of nitrogens with one attached hydrogen (secondary N) is 2. The molecule has 124 valence electrons. The summed E-state index contributed by atoms with van der Waals surface area (Å²) in [5, 5.41) is 3.24. The highest BCUT2D eigenvalue weighted by Crippen LogP contribution is 2.18. The minimum absolute atomic E-state index is 0.0996. The zero-order chi connectivity index (χ0) is 16.2. The van der Waals surface area contributed by atoms with Gasteiger partial charge in [0, 0.05) is 38.8 Å². The number of nitrogens with zero attached hydrogens (tertiary/aromatic N) is 1. The Hall–Kier alpha value is -1.09. The molecule has 0 spiro atoms. The first-order chi connectivity index (χ1) is 10.4. The van der Waals surface area contributed by atoms with Crippen molar-refractivity contribution >= 4 is 10.0 Å². The Balaban J connectivity index is 1.89. The number of rotatable bonds is 6. The van der Waals surface area contributed by atoms with Gasteiger partial charge in [0.25, 0.3) is 0 Å². The summed E-state index contributed by atoms with van der Waals surface area (Å²) >= 11 is 0. The van der Waals surface area contributed by atoms with Crippen molar-refractivity contribution in [1.29, 1.82) is 0 Å². The van der Waals surface area contributed by atoms with Gasteiger partial charge in [-0.05, 0) is 31.5 Å². The summed E-state index contributed by atoms with van der Waals surface area (Å²) in [7, 11) is -3.96. The molecule has 5 nitrogen and oxygen atoms in total. The summed E-state index contributed by atoms with van der Waals surface area (Å²) in [6, 6.07) is 1.62. The summed E-state index contributed by atoms with van der Waals surface area (Å²) < 4.78 is 53.4. The molecular formula is C14H21F2N3O2S. The van der Waals surface area contributed by atoms with Crippen LogP contribution in [0.3, 0.4) is 0 Å². The van der Waals surface area contributed by atoms with Crippen molar-refractivity contribution in [3.63, 3.8) is 0 Å². The first-order valence-electron chi connectivity index (χ1n) is 7.28. The minimum Gasteiger partial charge on any atom is -0.314 e. The van der Waals surface area contributed by atoms with Crippen LogP contribution in [0.25, 0.3) is 0 Å². The van der Waals surface area contributed by atoms with Crippen molar-refractivity contribution in [3.05, 3.63) is 29.3 Å². The summed E-state index contributed by atoms with van der Waals surface area (Å²) in [4.78, 5) is 1.74.